The predicted molar refractivity (Wildman–Crippen MR) is 56.1 cm³/mol. The summed E-state index contributed by atoms with van der Waals surface area (Å²) in [5, 5.41) is 3.52. The Morgan fingerprint density at radius 1 is 1.43 bits per heavy atom. The fourth-order valence-electron chi connectivity index (χ4n) is 1.52. The standard InChI is InChI=1S/C11H17N3/c1-9(4-5-14-11-2-3-11)10-6-12-8-13-7-10/h6-9,11,14H,2-5H2,1H3. The van der Waals surface area contributed by atoms with E-state index in [1.165, 1.54) is 24.8 Å². The van der Waals surface area contributed by atoms with Crippen molar-refractivity contribution in [3.63, 3.8) is 0 Å². The zero-order valence-electron chi connectivity index (χ0n) is 8.61. The van der Waals surface area contributed by atoms with Crippen molar-refractivity contribution >= 4 is 0 Å². The van der Waals surface area contributed by atoms with E-state index >= 15 is 0 Å². The van der Waals surface area contributed by atoms with E-state index in [0.29, 0.717) is 5.92 Å². The van der Waals surface area contributed by atoms with Gasteiger partial charge in [0.1, 0.15) is 6.33 Å². The van der Waals surface area contributed by atoms with Crippen LogP contribution in [0.2, 0.25) is 0 Å². The van der Waals surface area contributed by atoms with E-state index in [0.717, 1.165) is 12.6 Å². The Hall–Kier alpha value is -0.960. The molecule has 1 N–H and O–H groups in total. The molecule has 0 bridgehead atoms. The van der Waals surface area contributed by atoms with Crippen LogP contribution in [-0.2, 0) is 0 Å². The van der Waals surface area contributed by atoms with Crippen LogP contribution in [0.4, 0.5) is 0 Å². The van der Waals surface area contributed by atoms with Crippen LogP contribution in [-0.4, -0.2) is 22.6 Å². The number of hydrogen-bond acceptors (Lipinski definition) is 3. The van der Waals surface area contributed by atoms with Gasteiger partial charge in [0.2, 0.25) is 0 Å². The van der Waals surface area contributed by atoms with Crippen LogP contribution in [0.1, 0.15) is 37.7 Å². The first-order valence-electron chi connectivity index (χ1n) is 5.34. The number of hydrogen-bond donors (Lipinski definition) is 1. The lowest BCUT2D eigenvalue weighted by atomic mass is 10.0. The van der Waals surface area contributed by atoms with Gasteiger partial charge in [0.15, 0.2) is 0 Å². The number of nitrogens with one attached hydrogen (secondary N) is 1. The van der Waals surface area contributed by atoms with Crippen LogP contribution in [0.3, 0.4) is 0 Å². The van der Waals surface area contributed by atoms with Crippen molar-refractivity contribution in [3.05, 3.63) is 24.3 Å². The van der Waals surface area contributed by atoms with Crippen LogP contribution in [0, 0.1) is 0 Å². The molecule has 1 saturated carbocycles. The molecule has 0 saturated heterocycles. The molecule has 3 nitrogen and oxygen atoms in total. The fourth-order valence-corrected chi connectivity index (χ4v) is 1.52. The molecule has 3 heteroatoms. The SMILES string of the molecule is CC(CCNC1CC1)c1cncnc1. The van der Waals surface area contributed by atoms with E-state index in [1.54, 1.807) is 6.33 Å². The molecule has 2 rings (SSSR count). The third kappa shape index (κ3) is 2.77. The lowest BCUT2D eigenvalue weighted by Crippen LogP contribution is -2.19. The summed E-state index contributed by atoms with van der Waals surface area (Å²) >= 11 is 0. The number of rotatable bonds is 5. The second-order valence-corrected chi connectivity index (χ2v) is 4.09. The highest BCUT2D eigenvalue weighted by Gasteiger charge is 2.20. The molecule has 76 valence electrons. The normalized spacial score (nSPS) is 18.1. The zero-order chi connectivity index (χ0) is 9.80. The fraction of sp³-hybridized carbons (Fsp3) is 0.636. The first-order chi connectivity index (χ1) is 6.86. The molecule has 14 heavy (non-hydrogen) atoms. The van der Waals surface area contributed by atoms with E-state index in [1.807, 2.05) is 12.4 Å². The molecule has 0 aromatic carbocycles. The lowest BCUT2D eigenvalue weighted by Gasteiger charge is -2.10. The quantitative estimate of drug-likeness (QED) is 0.770. The maximum atomic E-state index is 4.03. The predicted octanol–water partition coefficient (Wildman–Crippen LogP) is 1.72. The molecule has 1 heterocycles. The molecule has 1 unspecified atom stereocenters. The van der Waals surface area contributed by atoms with Crippen LogP contribution in [0.15, 0.2) is 18.7 Å². The Balaban J connectivity index is 1.74. The maximum absolute atomic E-state index is 4.03. The van der Waals surface area contributed by atoms with Gasteiger partial charge in [0, 0.05) is 18.4 Å². The van der Waals surface area contributed by atoms with E-state index < -0.39 is 0 Å². The Kier molecular flexibility index (Phi) is 3.09. The molecule has 1 fully saturated rings. The number of aromatic nitrogens is 2. The minimum absolute atomic E-state index is 0.558. The average Bonchev–Trinajstić information content (AvgIpc) is 3.03. The van der Waals surface area contributed by atoms with Gasteiger partial charge in [0.25, 0.3) is 0 Å². The third-order valence-corrected chi connectivity index (χ3v) is 2.74. The Morgan fingerprint density at radius 3 is 2.79 bits per heavy atom. The Bertz CT molecular complexity index is 269. The van der Waals surface area contributed by atoms with Gasteiger partial charge in [-0.05, 0) is 37.3 Å². The summed E-state index contributed by atoms with van der Waals surface area (Å²) in [6, 6.07) is 0.814. The lowest BCUT2D eigenvalue weighted by molar-refractivity contribution is 0.589. The average molecular weight is 191 g/mol. The molecule has 1 aromatic heterocycles. The summed E-state index contributed by atoms with van der Waals surface area (Å²) in [6.07, 6.45) is 9.30. The van der Waals surface area contributed by atoms with E-state index in [9.17, 15) is 0 Å². The van der Waals surface area contributed by atoms with E-state index in [4.69, 9.17) is 0 Å². The molecule has 0 amide bonds. The van der Waals surface area contributed by atoms with Crippen molar-refractivity contribution in [2.45, 2.75) is 38.1 Å². The summed E-state index contributed by atoms with van der Waals surface area (Å²) in [6.45, 7) is 3.34. The smallest absolute Gasteiger partial charge is 0.115 e. The number of nitrogens with zero attached hydrogens (tertiary/aromatic N) is 2. The molecular weight excluding hydrogens is 174 g/mol. The summed E-state index contributed by atoms with van der Waals surface area (Å²) in [5.74, 6) is 0.558. The molecule has 0 spiro atoms. The van der Waals surface area contributed by atoms with E-state index in [2.05, 4.69) is 22.2 Å². The minimum atomic E-state index is 0.558. The Labute approximate surface area is 85.0 Å². The van der Waals surface area contributed by atoms with Crippen molar-refractivity contribution < 1.29 is 0 Å². The van der Waals surface area contributed by atoms with E-state index in [-0.39, 0.29) is 0 Å². The molecule has 1 aromatic rings. The van der Waals surface area contributed by atoms with Crippen molar-refractivity contribution in [1.29, 1.82) is 0 Å². The minimum Gasteiger partial charge on any atom is -0.314 e. The molecule has 0 aliphatic heterocycles. The third-order valence-electron chi connectivity index (χ3n) is 2.74. The molecular formula is C11H17N3. The van der Waals surface area contributed by atoms with Gasteiger partial charge >= 0.3 is 0 Å². The molecule has 1 atom stereocenters. The van der Waals surface area contributed by atoms with Crippen molar-refractivity contribution in [3.8, 4) is 0 Å². The second-order valence-electron chi connectivity index (χ2n) is 4.09. The van der Waals surface area contributed by atoms with Gasteiger partial charge in [-0.15, -0.1) is 0 Å². The monoisotopic (exact) mass is 191 g/mol. The highest BCUT2D eigenvalue weighted by atomic mass is 14.9. The Morgan fingerprint density at radius 2 is 2.14 bits per heavy atom. The highest BCUT2D eigenvalue weighted by molar-refractivity contribution is 5.08. The van der Waals surface area contributed by atoms with Gasteiger partial charge in [-0.1, -0.05) is 6.92 Å². The molecule has 1 aliphatic rings. The van der Waals surface area contributed by atoms with Gasteiger partial charge < -0.3 is 5.32 Å². The van der Waals surface area contributed by atoms with Gasteiger partial charge in [0.05, 0.1) is 0 Å². The summed E-state index contributed by atoms with van der Waals surface area (Å²) in [5.41, 5.74) is 1.24. The van der Waals surface area contributed by atoms with Crippen LogP contribution >= 0.6 is 0 Å². The first kappa shape index (κ1) is 9.59. The van der Waals surface area contributed by atoms with Crippen molar-refractivity contribution in [2.24, 2.45) is 0 Å². The van der Waals surface area contributed by atoms with Crippen LogP contribution in [0.25, 0.3) is 0 Å². The summed E-state index contributed by atoms with van der Waals surface area (Å²) < 4.78 is 0. The largest absolute Gasteiger partial charge is 0.314 e. The second kappa shape index (κ2) is 4.51. The van der Waals surface area contributed by atoms with Gasteiger partial charge in [-0.2, -0.15) is 0 Å². The first-order valence-corrected chi connectivity index (χ1v) is 5.34. The molecule has 0 radical (unpaired) electrons. The topological polar surface area (TPSA) is 37.8 Å². The van der Waals surface area contributed by atoms with Crippen molar-refractivity contribution in [1.82, 2.24) is 15.3 Å². The van der Waals surface area contributed by atoms with Crippen LogP contribution < -0.4 is 5.32 Å². The zero-order valence-corrected chi connectivity index (χ0v) is 8.61. The summed E-state index contributed by atoms with van der Waals surface area (Å²) in [4.78, 5) is 8.06. The van der Waals surface area contributed by atoms with Crippen LogP contribution in [0.5, 0.6) is 0 Å². The summed E-state index contributed by atoms with van der Waals surface area (Å²) in [7, 11) is 0. The van der Waals surface area contributed by atoms with Gasteiger partial charge in [-0.25, -0.2) is 9.97 Å². The molecule has 1 aliphatic carbocycles. The van der Waals surface area contributed by atoms with Gasteiger partial charge in [-0.3, -0.25) is 0 Å². The van der Waals surface area contributed by atoms with Crippen molar-refractivity contribution in [2.75, 3.05) is 6.54 Å². The highest BCUT2D eigenvalue weighted by Crippen LogP contribution is 2.20. The maximum Gasteiger partial charge on any atom is 0.115 e.